The average Bonchev–Trinajstić information content (AvgIpc) is 3.55. The molecule has 0 saturated heterocycles. The Morgan fingerprint density at radius 1 is 0.771 bits per heavy atom. The Balaban J connectivity index is 1.20. The van der Waals surface area contributed by atoms with E-state index in [0.717, 1.165) is 51.4 Å². The Labute approximate surface area is 283 Å². The first-order valence-corrected chi connectivity index (χ1v) is 17.9. The van der Waals surface area contributed by atoms with Crippen molar-refractivity contribution >= 4 is 39.7 Å². The van der Waals surface area contributed by atoms with Gasteiger partial charge in [0.25, 0.3) is 0 Å². The van der Waals surface area contributed by atoms with Crippen LogP contribution in [0.3, 0.4) is 0 Å². The standard InChI is InChI=1S/C45H41N3/c1-30-12-9-23-43-39(26-30)38-20-11-19-36(45(38)47(43)35-16-3-2-4-17-35)33-15-10-14-31(27-33)32-24-25-44-40(28-32)37-18-6-8-22-42(37)48(44)41-21-7-5-13-34(41)29-46/h2-3,5-7,9-11,14-16,18-20,23-25,27-28,30,34,41H,4,8,12-13,17,21-22,26H2,1H3. The van der Waals surface area contributed by atoms with Gasteiger partial charge in [0.15, 0.2) is 0 Å². The number of fused-ring (bicyclic) bond motifs is 6. The molecule has 0 spiro atoms. The van der Waals surface area contributed by atoms with Gasteiger partial charge in [-0.25, -0.2) is 0 Å². The minimum Gasteiger partial charge on any atom is -0.339 e. The van der Waals surface area contributed by atoms with Crippen molar-refractivity contribution in [3.63, 3.8) is 0 Å². The van der Waals surface area contributed by atoms with Crippen molar-refractivity contribution in [1.82, 2.24) is 9.13 Å². The van der Waals surface area contributed by atoms with Crippen LogP contribution in [0.5, 0.6) is 0 Å². The number of nitrogens with zero attached hydrogens (tertiary/aromatic N) is 3. The maximum absolute atomic E-state index is 10.1. The van der Waals surface area contributed by atoms with Crippen LogP contribution in [-0.4, -0.2) is 9.13 Å². The molecule has 48 heavy (non-hydrogen) atoms. The van der Waals surface area contributed by atoms with E-state index in [1.807, 2.05) is 0 Å². The van der Waals surface area contributed by atoms with E-state index in [0.29, 0.717) is 5.92 Å². The van der Waals surface area contributed by atoms with Crippen LogP contribution in [0.15, 0.2) is 103 Å². The largest absolute Gasteiger partial charge is 0.339 e. The lowest BCUT2D eigenvalue weighted by Crippen LogP contribution is -2.22. The maximum atomic E-state index is 10.1. The molecule has 9 rings (SSSR count). The van der Waals surface area contributed by atoms with Crippen LogP contribution in [-0.2, 0) is 12.8 Å². The third kappa shape index (κ3) is 4.69. The lowest BCUT2D eigenvalue weighted by atomic mass is 9.89. The van der Waals surface area contributed by atoms with Crippen molar-refractivity contribution in [2.75, 3.05) is 0 Å². The maximum Gasteiger partial charge on any atom is 0.0708 e. The summed E-state index contributed by atoms with van der Waals surface area (Å²) in [5.41, 5.74) is 14.6. The van der Waals surface area contributed by atoms with Gasteiger partial charge < -0.3 is 9.13 Å². The summed E-state index contributed by atoms with van der Waals surface area (Å²) in [5.74, 6) is 0.632. The van der Waals surface area contributed by atoms with Crippen LogP contribution in [0.4, 0.5) is 0 Å². The van der Waals surface area contributed by atoms with Gasteiger partial charge in [-0.2, -0.15) is 5.26 Å². The molecule has 3 heteroatoms. The van der Waals surface area contributed by atoms with Crippen LogP contribution in [0.25, 0.3) is 61.9 Å². The first-order valence-electron chi connectivity index (χ1n) is 17.9. The van der Waals surface area contributed by atoms with Crippen molar-refractivity contribution in [2.45, 2.75) is 64.3 Å². The highest BCUT2D eigenvalue weighted by Crippen LogP contribution is 2.43. The van der Waals surface area contributed by atoms with Gasteiger partial charge in [0.1, 0.15) is 0 Å². The van der Waals surface area contributed by atoms with Crippen molar-refractivity contribution in [1.29, 1.82) is 5.26 Å². The SMILES string of the molecule is CC1CC=Cc2c(c3cccc(-c4cccc(-c5ccc6c(c5)c5c(n6C6CC=CCC6C#N)CCC=C5)c4)c3n2C2=CC=CCC2)C1. The smallest absolute Gasteiger partial charge is 0.0708 e. The predicted molar refractivity (Wildman–Crippen MR) is 201 cm³/mol. The number of rotatable bonds is 4. The van der Waals surface area contributed by atoms with Gasteiger partial charge in [-0.05, 0) is 110 Å². The molecule has 2 heterocycles. The number of aromatic nitrogens is 2. The highest BCUT2D eigenvalue weighted by Gasteiger charge is 2.30. The summed E-state index contributed by atoms with van der Waals surface area (Å²) in [5, 5.41) is 12.7. The van der Waals surface area contributed by atoms with Gasteiger partial charge in [-0.1, -0.05) is 91.9 Å². The molecule has 3 aromatic carbocycles. The Bertz CT molecular complexity index is 2290. The minimum atomic E-state index is 0.00719. The molecule has 4 aliphatic rings. The van der Waals surface area contributed by atoms with Gasteiger partial charge in [-0.3, -0.25) is 0 Å². The molecule has 0 amide bonds. The summed E-state index contributed by atoms with van der Waals surface area (Å²) in [7, 11) is 0. The highest BCUT2D eigenvalue weighted by molar-refractivity contribution is 6.02. The second-order valence-electron chi connectivity index (χ2n) is 14.2. The molecule has 0 aliphatic heterocycles. The number of benzene rings is 3. The summed E-state index contributed by atoms with van der Waals surface area (Å²) in [6.07, 6.45) is 28.9. The van der Waals surface area contributed by atoms with Gasteiger partial charge in [0, 0.05) is 44.5 Å². The molecular formula is C45H41N3. The number of hydrogen-bond donors (Lipinski definition) is 0. The van der Waals surface area contributed by atoms with E-state index in [-0.39, 0.29) is 12.0 Å². The lowest BCUT2D eigenvalue weighted by molar-refractivity contribution is 0.385. The summed E-state index contributed by atoms with van der Waals surface area (Å²) < 4.78 is 5.10. The van der Waals surface area contributed by atoms with E-state index in [9.17, 15) is 5.26 Å². The molecule has 0 bridgehead atoms. The zero-order chi connectivity index (χ0) is 32.2. The Morgan fingerprint density at radius 3 is 2.52 bits per heavy atom. The monoisotopic (exact) mass is 623 g/mol. The van der Waals surface area contributed by atoms with E-state index in [1.54, 1.807) is 0 Å². The molecule has 4 aliphatic carbocycles. The Morgan fingerprint density at radius 2 is 1.62 bits per heavy atom. The van der Waals surface area contributed by atoms with E-state index < -0.39 is 0 Å². The molecule has 3 nitrogen and oxygen atoms in total. The highest BCUT2D eigenvalue weighted by atomic mass is 15.0. The fourth-order valence-electron chi connectivity index (χ4n) is 8.87. The predicted octanol–water partition coefficient (Wildman–Crippen LogP) is 11.7. The molecule has 0 saturated carbocycles. The second-order valence-corrected chi connectivity index (χ2v) is 14.2. The molecule has 236 valence electrons. The first-order chi connectivity index (χ1) is 23.7. The third-order valence-electron chi connectivity index (χ3n) is 11.2. The normalized spacial score (nSPS) is 21.6. The fourth-order valence-corrected chi connectivity index (χ4v) is 8.87. The Hall–Kier alpha value is -5.07. The molecule has 0 N–H and O–H groups in total. The molecule has 5 aromatic rings. The molecular weight excluding hydrogens is 583 g/mol. The van der Waals surface area contributed by atoms with Gasteiger partial charge >= 0.3 is 0 Å². The number of allylic oxidation sites excluding steroid dienone is 8. The molecule has 3 unspecified atom stereocenters. The van der Waals surface area contributed by atoms with E-state index in [1.165, 1.54) is 72.3 Å². The fraction of sp³-hybridized carbons (Fsp3) is 0.267. The summed E-state index contributed by atoms with van der Waals surface area (Å²) in [4.78, 5) is 0. The molecule has 3 atom stereocenters. The van der Waals surface area contributed by atoms with Crippen LogP contribution in [0.1, 0.15) is 74.0 Å². The lowest BCUT2D eigenvalue weighted by Gasteiger charge is -2.28. The quantitative estimate of drug-likeness (QED) is 0.183. The van der Waals surface area contributed by atoms with Crippen LogP contribution < -0.4 is 0 Å². The van der Waals surface area contributed by atoms with Gasteiger partial charge in [-0.15, -0.1) is 0 Å². The first kappa shape index (κ1) is 29.1. The molecule has 2 aromatic heterocycles. The van der Waals surface area contributed by atoms with Crippen molar-refractivity contribution < 1.29 is 0 Å². The minimum absolute atomic E-state index is 0.00719. The number of para-hydroxylation sites is 1. The zero-order valence-corrected chi connectivity index (χ0v) is 27.7. The molecule has 0 radical (unpaired) electrons. The molecule has 0 fully saturated rings. The topological polar surface area (TPSA) is 33.6 Å². The van der Waals surface area contributed by atoms with E-state index in [4.69, 9.17) is 0 Å². The van der Waals surface area contributed by atoms with Gasteiger partial charge in [0.05, 0.1) is 23.5 Å². The average molecular weight is 624 g/mol. The van der Waals surface area contributed by atoms with E-state index >= 15 is 0 Å². The Kier molecular flexibility index (Phi) is 7.20. The van der Waals surface area contributed by atoms with E-state index in [2.05, 4.69) is 137 Å². The van der Waals surface area contributed by atoms with Crippen molar-refractivity contribution in [3.05, 3.63) is 126 Å². The van der Waals surface area contributed by atoms with Gasteiger partial charge in [0.2, 0.25) is 0 Å². The third-order valence-corrected chi connectivity index (χ3v) is 11.2. The van der Waals surface area contributed by atoms with Crippen LogP contribution >= 0.6 is 0 Å². The summed E-state index contributed by atoms with van der Waals surface area (Å²) in [6.45, 7) is 2.38. The van der Waals surface area contributed by atoms with Crippen LogP contribution in [0.2, 0.25) is 0 Å². The van der Waals surface area contributed by atoms with Crippen molar-refractivity contribution in [2.24, 2.45) is 11.8 Å². The summed E-state index contributed by atoms with van der Waals surface area (Å²) in [6, 6.07) is 25.9. The zero-order valence-electron chi connectivity index (χ0n) is 27.7. The van der Waals surface area contributed by atoms with Crippen molar-refractivity contribution in [3.8, 4) is 28.3 Å². The number of hydrogen-bond acceptors (Lipinski definition) is 1. The number of nitriles is 1. The second kappa shape index (κ2) is 11.9. The summed E-state index contributed by atoms with van der Waals surface area (Å²) >= 11 is 0. The van der Waals surface area contributed by atoms with Crippen LogP contribution in [0, 0.1) is 23.2 Å².